The lowest BCUT2D eigenvalue weighted by Gasteiger charge is -2.34. The quantitative estimate of drug-likeness (QED) is 0.689. The van der Waals surface area contributed by atoms with Crippen LogP contribution in [0.15, 0.2) is 37.1 Å². The van der Waals surface area contributed by atoms with Gasteiger partial charge in [0.15, 0.2) is 0 Å². The summed E-state index contributed by atoms with van der Waals surface area (Å²) in [5.74, 6) is 1.10. The van der Waals surface area contributed by atoms with Crippen LogP contribution in [-0.4, -0.2) is 61.3 Å². The van der Waals surface area contributed by atoms with E-state index < -0.39 is 0 Å². The van der Waals surface area contributed by atoms with E-state index >= 15 is 0 Å². The molecule has 3 aromatic rings. The van der Waals surface area contributed by atoms with Crippen LogP contribution < -0.4 is 4.90 Å². The maximum atomic E-state index is 13.2. The molecule has 0 saturated carbocycles. The molecule has 1 aliphatic heterocycles. The summed E-state index contributed by atoms with van der Waals surface area (Å²) in [6.07, 6.45) is 8.73. The van der Waals surface area contributed by atoms with Crippen LogP contribution in [0.4, 0.5) is 5.95 Å². The van der Waals surface area contributed by atoms with Gasteiger partial charge >= 0.3 is 0 Å². The van der Waals surface area contributed by atoms with Crippen molar-refractivity contribution in [3.8, 4) is 0 Å². The third-order valence-electron chi connectivity index (χ3n) is 4.75. The van der Waals surface area contributed by atoms with E-state index in [4.69, 9.17) is 4.98 Å². The van der Waals surface area contributed by atoms with Crippen molar-refractivity contribution >= 4 is 17.4 Å². The fourth-order valence-corrected chi connectivity index (χ4v) is 3.35. The summed E-state index contributed by atoms with van der Waals surface area (Å²) in [7, 11) is 0. The number of amides is 1. The lowest BCUT2D eigenvalue weighted by atomic mass is 9.92. The highest BCUT2D eigenvalue weighted by Crippen LogP contribution is 2.26. The number of anilines is 1. The molecule has 0 aromatic carbocycles. The van der Waals surface area contributed by atoms with E-state index in [1.807, 2.05) is 9.30 Å². The largest absolute Gasteiger partial charge is 0.337 e. The number of fused-ring (bicyclic) bond motifs is 1. The van der Waals surface area contributed by atoms with Crippen molar-refractivity contribution in [1.82, 2.24) is 29.2 Å². The Bertz CT molecular complexity index is 953. The van der Waals surface area contributed by atoms with Crippen LogP contribution in [-0.2, 0) is 5.41 Å². The van der Waals surface area contributed by atoms with E-state index in [2.05, 4.69) is 40.6 Å². The van der Waals surface area contributed by atoms with Gasteiger partial charge in [0.1, 0.15) is 0 Å². The lowest BCUT2D eigenvalue weighted by Crippen LogP contribution is -2.49. The topological polar surface area (TPSA) is 79.5 Å². The molecular weight excluding hydrogens is 342 g/mol. The highest BCUT2D eigenvalue weighted by Gasteiger charge is 2.29. The molecule has 8 nitrogen and oxygen atoms in total. The Hall–Kier alpha value is -3.03. The molecule has 1 aliphatic rings. The molecule has 3 aromatic heterocycles. The first kappa shape index (κ1) is 17.4. The van der Waals surface area contributed by atoms with Crippen LogP contribution in [0, 0.1) is 0 Å². The first-order chi connectivity index (χ1) is 12.9. The molecule has 27 heavy (non-hydrogen) atoms. The average Bonchev–Trinajstić information content (AvgIpc) is 3.08. The number of aromatic nitrogens is 5. The number of imidazole rings is 1. The van der Waals surface area contributed by atoms with E-state index in [1.165, 1.54) is 0 Å². The second-order valence-corrected chi connectivity index (χ2v) is 7.69. The molecular formula is C19H23N7O. The minimum absolute atomic E-state index is 0.0552. The molecule has 0 radical (unpaired) electrons. The summed E-state index contributed by atoms with van der Waals surface area (Å²) in [5, 5.41) is 0. The van der Waals surface area contributed by atoms with E-state index in [1.54, 1.807) is 37.1 Å². The van der Waals surface area contributed by atoms with E-state index in [0.29, 0.717) is 38.0 Å². The fraction of sp³-hybridized carbons (Fsp3) is 0.421. The molecule has 0 bridgehead atoms. The van der Waals surface area contributed by atoms with Gasteiger partial charge < -0.3 is 9.80 Å². The Balaban J connectivity index is 1.58. The molecule has 0 aliphatic carbocycles. The summed E-state index contributed by atoms with van der Waals surface area (Å²) in [6, 6.07) is 1.80. The minimum Gasteiger partial charge on any atom is -0.337 e. The number of hydrogen-bond acceptors (Lipinski definition) is 6. The maximum absolute atomic E-state index is 13.2. The number of carbonyl (C=O) groups is 1. The normalized spacial score (nSPS) is 15.4. The summed E-state index contributed by atoms with van der Waals surface area (Å²) in [6.45, 7) is 8.91. The van der Waals surface area contributed by atoms with Gasteiger partial charge in [-0.3, -0.25) is 14.2 Å². The zero-order chi connectivity index (χ0) is 19.0. The molecule has 0 spiro atoms. The highest BCUT2D eigenvalue weighted by molar-refractivity contribution is 5.92. The standard InChI is InChI=1S/C19H23N7O/c1-19(2,3)15-14-13-20-7-8-26(14)16(23-15)17(27)24-9-11-25(12-10-24)18-21-5-4-6-22-18/h4-8,13H,9-12H2,1-3H3. The second kappa shape index (κ2) is 6.61. The summed E-state index contributed by atoms with van der Waals surface area (Å²) < 4.78 is 1.85. The molecule has 1 saturated heterocycles. The third kappa shape index (κ3) is 3.22. The average molecular weight is 365 g/mol. The number of rotatable bonds is 2. The molecule has 4 rings (SSSR count). The van der Waals surface area contributed by atoms with Crippen molar-refractivity contribution in [2.75, 3.05) is 31.1 Å². The second-order valence-electron chi connectivity index (χ2n) is 7.69. The Labute approximate surface area is 157 Å². The van der Waals surface area contributed by atoms with Gasteiger partial charge in [-0.05, 0) is 6.07 Å². The Kier molecular flexibility index (Phi) is 4.25. The molecule has 8 heteroatoms. The zero-order valence-electron chi connectivity index (χ0n) is 15.8. The number of nitrogens with zero attached hydrogens (tertiary/aromatic N) is 7. The number of piperazine rings is 1. The van der Waals surface area contributed by atoms with E-state index in [9.17, 15) is 4.79 Å². The van der Waals surface area contributed by atoms with E-state index in [0.717, 1.165) is 11.2 Å². The molecule has 140 valence electrons. The summed E-state index contributed by atoms with van der Waals surface area (Å²) in [5.41, 5.74) is 1.59. The van der Waals surface area contributed by atoms with Crippen molar-refractivity contribution < 1.29 is 4.79 Å². The Morgan fingerprint density at radius 2 is 1.74 bits per heavy atom. The van der Waals surface area contributed by atoms with Gasteiger partial charge in [0.25, 0.3) is 5.91 Å². The predicted molar refractivity (Wildman–Crippen MR) is 102 cm³/mol. The zero-order valence-corrected chi connectivity index (χ0v) is 15.8. The summed E-state index contributed by atoms with van der Waals surface area (Å²) >= 11 is 0. The SMILES string of the molecule is CC(C)(C)c1nc(C(=O)N2CCN(c3ncccn3)CC2)n2ccncc12. The first-order valence-corrected chi connectivity index (χ1v) is 9.09. The smallest absolute Gasteiger partial charge is 0.290 e. The van der Waals surface area contributed by atoms with Gasteiger partial charge in [-0.15, -0.1) is 0 Å². The molecule has 0 atom stereocenters. The lowest BCUT2D eigenvalue weighted by molar-refractivity contribution is 0.0733. The Morgan fingerprint density at radius 1 is 1.04 bits per heavy atom. The van der Waals surface area contributed by atoms with Crippen LogP contribution in [0.2, 0.25) is 0 Å². The minimum atomic E-state index is -0.170. The van der Waals surface area contributed by atoms with Crippen molar-refractivity contribution in [3.63, 3.8) is 0 Å². The van der Waals surface area contributed by atoms with Crippen molar-refractivity contribution in [2.24, 2.45) is 0 Å². The van der Waals surface area contributed by atoms with Gasteiger partial charge in [-0.1, -0.05) is 20.8 Å². The fourth-order valence-electron chi connectivity index (χ4n) is 3.35. The predicted octanol–water partition coefficient (Wildman–Crippen LogP) is 1.78. The van der Waals surface area contributed by atoms with Crippen LogP contribution in [0.5, 0.6) is 0 Å². The van der Waals surface area contributed by atoms with Crippen LogP contribution in [0.25, 0.3) is 5.52 Å². The van der Waals surface area contributed by atoms with Gasteiger partial charge in [0.05, 0.1) is 17.4 Å². The van der Waals surface area contributed by atoms with Gasteiger partial charge in [-0.2, -0.15) is 0 Å². The van der Waals surface area contributed by atoms with Crippen molar-refractivity contribution in [1.29, 1.82) is 0 Å². The number of hydrogen-bond donors (Lipinski definition) is 0. The van der Waals surface area contributed by atoms with Crippen LogP contribution >= 0.6 is 0 Å². The molecule has 1 fully saturated rings. The van der Waals surface area contributed by atoms with Crippen LogP contribution in [0.3, 0.4) is 0 Å². The van der Waals surface area contributed by atoms with Gasteiger partial charge in [0.2, 0.25) is 11.8 Å². The molecule has 0 N–H and O–H groups in total. The van der Waals surface area contributed by atoms with Gasteiger partial charge in [-0.25, -0.2) is 15.0 Å². The van der Waals surface area contributed by atoms with Crippen molar-refractivity contribution in [2.45, 2.75) is 26.2 Å². The third-order valence-corrected chi connectivity index (χ3v) is 4.75. The highest BCUT2D eigenvalue weighted by atomic mass is 16.2. The monoisotopic (exact) mass is 365 g/mol. The van der Waals surface area contributed by atoms with Crippen molar-refractivity contribution in [3.05, 3.63) is 48.6 Å². The molecule has 4 heterocycles. The summed E-state index contributed by atoms with van der Waals surface area (Å²) in [4.78, 5) is 34.6. The Morgan fingerprint density at radius 3 is 2.41 bits per heavy atom. The van der Waals surface area contributed by atoms with Crippen LogP contribution in [0.1, 0.15) is 37.1 Å². The maximum Gasteiger partial charge on any atom is 0.290 e. The molecule has 0 unspecified atom stereocenters. The number of carbonyl (C=O) groups excluding carboxylic acids is 1. The van der Waals surface area contributed by atoms with Gasteiger partial charge in [0, 0.05) is 56.4 Å². The van der Waals surface area contributed by atoms with E-state index in [-0.39, 0.29) is 11.3 Å². The molecule has 1 amide bonds. The first-order valence-electron chi connectivity index (χ1n) is 9.09.